The zero-order valence-corrected chi connectivity index (χ0v) is 21.8. The summed E-state index contributed by atoms with van der Waals surface area (Å²) in [6.07, 6.45) is 1.35. The van der Waals surface area contributed by atoms with Gasteiger partial charge in [0.05, 0.1) is 33.7 Å². The van der Waals surface area contributed by atoms with Crippen LogP contribution in [0.4, 0.5) is 11.4 Å². The van der Waals surface area contributed by atoms with Crippen LogP contribution in [0.25, 0.3) is 11.0 Å². The number of ether oxygens (including phenoxy) is 2. The van der Waals surface area contributed by atoms with E-state index in [4.69, 9.17) is 13.9 Å². The zero-order chi connectivity index (χ0) is 26.7. The number of nitrogens with one attached hydrogen (secondary N) is 1. The minimum Gasteiger partial charge on any atom is -0.493 e. The van der Waals surface area contributed by atoms with Crippen LogP contribution in [0.15, 0.2) is 73.1 Å². The van der Waals surface area contributed by atoms with Gasteiger partial charge in [-0.15, -0.1) is 0 Å². The van der Waals surface area contributed by atoms with Crippen molar-refractivity contribution in [2.45, 2.75) is 0 Å². The molecule has 1 heterocycles. The van der Waals surface area contributed by atoms with Crippen LogP contribution in [-0.2, 0) is 0 Å². The second-order valence-corrected chi connectivity index (χ2v) is 9.06. The highest BCUT2D eigenvalue weighted by atomic mass is 79.9. The van der Waals surface area contributed by atoms with E-state index >= 15 is 0 Å². The van der Waals surface area contributed by atoms with Gasteiger partial charge in [-0.25, -0.2) is 5.43 Å². The highest BCUT2D eigenvalue weighted by Gasteiger charge is 2.23. The van der Waals surface area contributed by atoms with Gasteiger partial charge in [0.1, 0.15) is 5.58 Å². The Labute approximate surface area is 224 Å². The molecular weight excluding hydrogens is 620 g/mol. The van der Waals surface area contributed by atoms with Crippen molar-refractivity contribution in [2.24, 2.45) is 5.10 Å². The molecule has 0 spiro atoms. The van der Waals surface area contributed by atoms with Crippen LogP contribution in [-0.4, -0.2) is 29.1 Å². The van der Waals surface area contributed by atoms with E-state index in [-0.39, 0.29) is 23.0 Å². The van der Waals surface area contributed by atoms with Gasteiger partial charge in [-0.3, -0.25) is 25.0 Å². The Morgan fingerprint density at radius 2 is 1.81 bits per heavy atom. The molecule has 0 aliphatic carbocycles. The maximum absolute atomic E-state index is 12.4. The minimum absolute atomic E-state index is 0.0810. The molecule has 4 aromatic rings. The first-order valence-corrected chi connectivity index (χ1v) is 11.8. The Morgan fingerprint density at radius 3 is 2.51 bits per heavy atom. The fraction of sp³-hybridized carbons (Fsp3) is 0.0435. The molecular formula is C23H14Br2N4O8. The van der Waals surface area contributed by atoms with Gasteiger partial charge in [-0.2, -0.15) is 5.10 Å². The van der Waals surface area contributed by atoms with Crippen molar-refractivity contribution in [2.75, 3.05) is 7.11 Å². The number of hydrazone groups is 1. The molecule has 1 aromatic heterocycles. The van der Waals surface area contributed by atoms with E-state index in [1.807, 2.05) is 6.07 Å². The normalized spacial score (nSPS) is 11.0. The average Bonchev–Trinajstić information content (AvgIpc) is 3.28. The molecule has 37 heavy (non-hydrogen) atoms. The summed E-state index contributed by atoms with van der Waals surface area (Å²) in [5, 5.41) is 27.1. The molecule has 3 aromatic carbocycles. The Bertz CT molecular complexity index is 1580. The van der Waals surface area contributed by atoms with Gasteiger partial charge in [0, 0.05) is 15.9 Å². The maximum Gasteiger partial charge on any atom is 0.318 e. The lowest BCUT2D eigenvalue weighted by atomic mass is 10.2. The Kier molecular flexibility index (Phi) is 7.50. The first-order chi connectivity index (χ1) is 17.7. The molecule has 0 radical (unpaired) electrons. The van der Waals surface area contributed by atoms with Crippen LogP contribution in [0, 0.1) is 20.2 Å². The molecule has 4 rings (SSSR count). The number of nitro groups is 2. The Balaban J connectivity index is 1.54. The quantitative estimate of drug-likeness (QED) is 0.134. The maximum atomic E-state index is 12.4. The summed E-state index contributed by atoms with van der Waals surface area (Å²) in [6.45, 7) is 0. The highest BCUT2D eigenvalue weighted by Crippen LogP contribution is 2.42. The summed E-state index contributed by atoms with van der Waals surface area (Å²) in [6, 6.07) is 13.1. The molecule has 0 aliphatic rings. The first kappa shape index (κ1) is 25.8. The average molecular weight is 634 g/mol. The van der Waals surface area contributed by atoms with E-state index in [1.54, 1.807) is 24.3 Å². The number of nitro benzene ring substituents is 2. The summed E-state index contributed by atoms with van der Waals surface area (Å²) in [7, 11) is 1.36. The smallest absolute Gasteiger partial charge is 0.318 e. The van der Waals surface area contributed by atoms with Gasteiger partial charge in [0.15, 0.2) is 17.3 Å². The van der Waals surface area contributed by atoms with E-state index in [0.717, 1.165) is 28.1 Å². The van der Waals surface area contributed by atoms with Crippen molar-refractivity contribution < 1.29 is 28.5 Å². The molecule has 12 nitrogen and oxygen atoms in total. The number of methoxy groups -OCH3 is 1. The molecule has 0 fully saturated rings. The topological polar surface area (TPSA) is 159 Å². The third kappa shape index (κ3) is 5.76. The van der Waals surface area contributed by atoms with Gasteiger partial charge < -0.3 is 13.9 Å². The fourth-order valence-corrected chi connectivity index (χ4v) is 4.14. The molecule has 0 saturated carbocycles. The molecule has 1 N–H and O–H groups in total. The van der Waals surface area contributed by atoms with Crippen LogP contribution in [0.5, 0.6) is 17.2 Å². The monoisotopic (exact) mass is 632 g/mol. The lowest BCUT2D eigenvalue weighted by Crippen LogP contribution is -2.16. The van der Waals surface area contributed by atoms with Gasteiger partial charge in [0.25, 0.3) is 5.69 Å². The van der Waals surface area contributed by atoms with E-state index in [9.17, 15) is 25.0 Å². The van der Waals surface area contributed by atoms with Crippen molar-refractivity contribution in [1.29, 1.82) is 0 Å². The third-order valence-corrected chi connectivity index (χ3v) is 5.98. The van der Waals surface area contributed by atoms with Crippen molar-refractivity contribution in [1.82, 2.24) is 5.43 Å². The zero-order valence-electron chi connectivity index (χ0n) is 18.6. The largest absolute Gasteiger partial charge is 0.493 e. The summed E-state index contributed by atoms with van der Waals surface area (Å²) < 4.78 is 17.7. The molecule has 0 unspecified atom stereocenters. The standard InChI is InChI=1S/C23H14Br2N4O8/c1-35-20-7-12(11-26-27-23(30)21-9-13-8-14(24)2-4-18(13)36-21)6-16(25)22(20)37-19-5-3-15(28(31)32)10-17(19)29(33)34/h2-11H,1H3,(H,27,30)/b26-11-. The highest BCUT2D eigenvalue weighted by molar-refractivity contribution is 9.10. The number of rotatable bonds is 8. The predicted molar refractivity (Wildman–Crippen MR) is 139 cm³/mol. The number of carbonyl (C=O) groups is 1. The Hall–Kier alpha value is -4.30. The van der Waals surface area contributed by atoms with Gasteiger partial charge in [0.2, 0.25) is 5.75 Å². The summed E-state index contributed by atoms with van der Waals surface area (Å²) >= 11 is 6.69. The third-order valence-electron chi connectivity index (χ3n) is 4.90. The second kappa shape index (κ2) is 10.8. The molecule has 0 saturated heterocycles. The van der Waals surface area contributed by atoms with Crippen LogP contribution in [0.3, 0.4) is 0 Å². The van der Waals surface area contributed by atoms with Crippen molar-refractivity contribution >= 4 is 66.3 Å². The minimum atomic E-state index is -0.784. The van der Waals surface area contributed by atoms with E-state index in [1.165, 1.54) is 19.4 Å². The lowest BCUT2D eigenvalue weighted by molar-refractivity contribution is -0.394. The first-order valence-electron chi connectivity index (χ1n) is 10.2. The number of fused-ring (bicyclic) bond motifs is 1. The fourth-order valence-electron chi connectivity index (χ4n) is 3.22. The molecule has 0 aliphatic heterocycles. The molecule has 0 bridgehead atoms. The van der Waals surface area contributed by atoms with E-state index in [2.05, 4.69) is 42.4 Å². The molecule has 0 atom stereocenters. The van der Waals surface area contributed by atoms with Crippen LogP contribution < -0.4 is 14.9 Å². The van der Waals surface area contributed by atoms with Crippen molar-refractivity contribution in [3.8, 4) is 17.2 Å². The van der Waals surface area contributed by atoms with E-state index < -0.39 is 27.1 Å². The number of benzene rings is 3. The van der Waals surface area contributed by atoms with Crippen molar-refractivity contribution in [3.63, 3.8) is 0 Å². The van der Waals surface area contributed by atoms with Crippen LogP contribution in [0.1, 0.15) is 16.1 Å². The molecule has 14 heteroatoms. The molecule has 1 amide bonds. The van der Waals surface area contributed by atoms with Gasteiger partial charge in [-0.05, 0) is 64.0 Å². The van der Waals surface area contributed by atoms with Gasteiger partial charge >= 0.3 is 11.6 Å². The van der Waals surface area contributed by atoms with E-state index in [0.29, 0.717) is 15.6 Å². The number of furan rings is 1. The predicted octanol–water partition coefficient (Wildman–Crippen LogP) is 6.34. The van der Waals surface area contributed by atoms with Gasteiger partial charge in [-0.1, -0.05) is 15.9 Å². The number of carbonyl (C=O) groups excluding carboxylic acids is 1. The number of non-ortho nitro benzene ring substituents is 1. The summed E-state index contributed by atoms with van der Waals surface area (Å²) in [5.41, 5.74) is 2.38. The SMILES string of the molecule is COc1cc(/C=N\NC(=O)c2cc3cc(Br)ccc3o2)cc(Br)c1Oc1ccc([N+](=O)[O-])cc1[N+](=O)[O-]. The van der Waals surface area contributed by atoms with Crippen LogP contribution in [0.2, 0.25) is 0 Å². The van der Waals surface area contributed by atoms with Crippen LogP contribution >= 0.6 is 31.9 Å². The lowest BCUT2D eigenvalue weighted by Gasteiger charge is -2.13. The number of halogens is 2. The number of hydrogen-bond acceptors (Lipinski definition) is 9. The number of amides is 1. The molecule has 188 valence electrons. The summed E-state index contributed by atoms with van der Waals surface area (Å²) in [4.78, 5) is 33.3. The Morgan fingerprint density at radius 1 is 1.03 bits per heavy atom. The van der Waals surface area contributed by atoms with Crippen molar-refractivity contribution in [3.05, 3.63) is 95.1 Å². The summed E-state index contributed by atoms with van der Waals surface area (Å²) in [5.74, 6) is -0.426. The second-order valence-electron chi connectivity index (χ2n) is 7.29. The number of hydrogen-bond donors (Lipinski definition) is 1. The number of nitrogens with zero attached hydrogens (tertiary/aromatic N) is 3.